The summed E-state index contributed by atoms with van der Waals surface area (Å²) in [5, 5.41) is 3.62. The highest BCUT2D eigenvalue weighted by molar-refractivity contribution is 6.42. The van der Waals surface area contributed by atoms with Crippen molar-refractivity contribution in [2.75, 3.05) is 19.6 Å². The molecule has 5 nitrogen and oxygen atoms in total. The van der Waals surface area contributed by atoms with Crippen LogP contribution in [0.1, 0.15) is 36.0 Å². The van der Waals surface area contributed by atoms with E-state index >= 15 is 0 Å². The topological polar surface area (TPSA) is 75.4 Å². The average Bonchev–Trinajstić information content (AvgIpc) is 3.03. The Labute approximate surface area is 146 Å². The Bertz CT molecular complexity index is 580. The molecule has 0 aliphatic carbocycles. The Balaban J connectivity index is 2.01. The zero-order chi connectivity index (χ0) is 16.8. The number of carbonyl (C=O) groups is 2. The number of amides is 2. The molecule has 1 fully saturated rings. The molecule has 1 aliphatic rings. The van der Waals surface area contributed by atoms with Crippen LogP contribution < -0.4 is 11.1 Å². The van der Waals surface area contributed by atoms with Gasteiger partial charge < -0.3 is 16.0 Å². The van der Waals surface area contributed by atoms with E-state index in [1.807, 2.05) is 0 Å². The van der Waals surface area contributed by atoms with Gasteiger partial charge in [0.1, 0.15) is 6.04 Å². The molecule has 1 atom stereocenters. The number of nitrogens with one attached hydrogen (secondary N) is 1. The first-order chi connectivity index (χ1) is 11.0. The zero-order valence-corrected chi connectivity index (χ0v) is 14.4. The molecule has 3 N–H and O–H groups in total. The third-order valence-electron chi connectivity index (χ3n) is 3.91. The minimum atomic E-state index is -0.421. The largest absolute Gasteiger partial charge is 0.354 e. The lowest BCUT2D eigenvalue weighted by molar-refractivity contribution is -0.124. The molecule has 0 bridgehead atoms. The molecule has 1 aromatic rings. The number of halogens is 2. The second-order valence-electron chi connectivity index (χ2n) is 5.57. The quantitative estimate of drug-likeness (QED) is 0.767. The lowest BCUT2D eigenvalue weighted by Crippen LogP contribution is -2.46. The third-order valence-corrected chi connectivity index (χ3v) is 4.65. The van der Waals surface area contributed by atoms with Crippen molar-refractivity contribution in [3.63, 3.8) is 0 Å². The standard InChI is InChI=1S/C16H21Cl2N3O2/c17-12-6-5-11(10-13(12)18)16(23)21-9-3-4-14(21)15(22)20-8-2-1-7-19/h5-6,10,14H,1-4,7-9,19H2,(H,20,22). The summed E-state index contributed by atoms with van der Waals surface area (Å²) in [6.07, 6.45) is 3.20. The number of nitrogens with two attached hydrogens (primary N) is 1. The summed E-state index contributed by atoms with van der Waals surface area (Å²) in [6, 6.07) is 4.34. The lowest BCUT2D eigenvalue weighted by atomic mass is 10.1. The number of rotatable bonds is 6. The minimum Gasteiger partial charge on any atom is -0.354 e. The number of hydrogen-bond acceptors (Lipinski definition) is 3. The van der Waals surface area contributed by atoms with Gasteiger partial charge in [0.25, 0.3) is 5.91 Å². The molecule has 2 rings (SSSR count). The van der Waals surface area contributed by atoms with E-state index in [1.165, 1.54) is 0 Å². The van der Waals surface area contributed by atoms with E-state index in [0.29, 0.717) is 41.7 Å². The van der Waals surface area contributed by atoms with Crippen LogP contribution in [0, 0.1) is 0 Å². The molecule has 2 amide bonds. The smallest absolute Gasteiger partial charge is 0.254 e. The van der Waals surface area contributed by atoms with Crippen molar-refractivity contribution in [1.82, 2.24) is 10.2 Å². The van der Waals surface area contributed by atoms with Crippen LogP contribution in [0.5, 0.6) is 0 Å². The van der Waals surface area contributed by atoms with E-state index < -0.39 is 6.04 Å². The van der Waals surface area contributed by atoms with Crippen LogP contribution in [-0.2, 0) is 4.79 Å². The second kappa shape index (κ2) is 8.52. The van der Waals surface area contributed by atoms with E-state index in [-0.39, 0.29) is 11.8 Å². The highest BCUT2D eigenvalue weighted by Gasteiger charge is 2.34. The maximum absolute atomic E-state index is 12.6. The zero-order valence-electron chi connectivity index (χ0n) is 12.9. The van der Waals surface area contributed by atoms with Crippen molar-refractivity contribution >= 4 is 35.0 Å². The summed E-state index contributed by atoms with van der Waals surface area (Å²) in [4.78, 5) is 26.5. The van der Waals surface area contributed by atoms with E-state index in [1.54, 1.807) is 23.1 Å². The summed E-state index contributed by atoms with van der Waals surface area (Å²) in [6.45, 7) is 1.77. The van der Waals surface area contributed by atoms with Crippen LogP contribution in [0.3, 0.4) is 0 Å². The predicted octanol–water partition coefficient (Wildman–Crippen LogP) is 2.45. The fourth-order valence-corrected chi connectivity index (χ4v) is 2.97. The van der Waals surface area contributed by atoms with Gasteiger partial charge in [-0.15, -0.1) is 0 Å². The Hall–Kier alpha value is -1.30. The Morgan fingerprint density at radius 1 is 1.26 bits per heavy atom. The fraction of sp³-hybridized carbons (Fsp3) is 0.500. The van der Waals surface area contributed by atoms with Crippen molar-refractivity contribution < 1.29 is 9.59 Å². The molecular weight excluding hydrogens is 337 g/mol. The Kier molecular flexibility index (Phi) is 6.69. The van der Waals surface area contributed by atoms with E-state index in [4.69, 9.17) is 28.9 Å². The minimum absolute atomic E-state index is 0.104. The first kappa shape index (κ1) is 18.0. The van der Waals surface area contributed by atoms with Gasteiger partial charge in [-0.3, -0.25) is 9.59 Å². The molecular formula is C16H21Cl2N3O2. The monoisotopic (exact) mass is 357 g/mol. The Morgan fingerprint density at radius 2 is 2.04 bits per heavy atom. The SMILES string of the molecule is NCCCCNC(=O)C1CCCN1C(=O)c1ccc(Cl)c(Cl)c1. The molecule has 0 saturated carbocycles. The summed E-state index contributed by atoms with van der Waals surface area (Å²) >= 11 is 11.8. The molecule has 0 aromatic heterocycles. The van der Waals surface area contributed by atoms with Gasteiger partial charge in [-0.25, -0.2) is 0 Å². The molecule has 1 saturated heterocycles. The highest BCUT2D eigenvalue weighted by Crippen LogP contribution is 2.25. The maximum Gasteiger partial charge on any atom is 0.254 e. The highest BCUT2D eigenvalue weighted by atomic mass is 35.5. The van der Waals surface area contributed by atoms with Crippen molar-refractivity contribution in [2.24, 2.45) is 5.73 Å². The average molecular weight is 358 g/mol. The van der Waals surface area contributed by atoms with Crippen molar-refractivity contribution in [3.05, 3.63) is 33.8 Å². The lowest BCUT2D eigenvalue weighted by Gasteiger charge is -2.24. The van der Waals surface area contributed by atoms with Crippen LogP contribution in [0.4, 0.5) is 0 Å². The molecule has 1 heterocycles. The first-order valence-corrected chi connectivity index (χ1v) is 8.54. The first-order valence-electron chi connectivity index (χ1n) is 7.78. The van der Waals surface area contributed by atoms with Crippen LogP contribution in [0.2, 0.25) is 10.0 Å². The molecule has 126 valence electrons. The van der Waals surface area contributed by atoms with Crippen molar-refractivity contribution in [1.29, 1.82) is 0 Å². The van der Waals surface area contributed by atoms with Crippen LogP contribution >= 0.6 is 23.2 Å². The number of hydrogen-bond donors (Lipinski definition) is 2. The Morgan fingerprint density at radius 3 is 2.74 bits per heavy atom. The van der Waals surface area contributed by atoms with Gasteiger partial charge in [-0.2, -0.15) is 0 Å². The predicted molar refractivity (Wildman–Crippen MR) is 91.8 cm³/mol. The van der Waals surface area contributed by atoms with Gasteiger partial charge in [0.2, 0.25) is 5.91 Å². The van der Waals surface area contributed by atoms with Crippen molar-refractivity contribution in [3.8, 4) is 0 Å². The number of unbranched alkanes of at least 4 members (excludes halogenated alkanes) is 1. The van der Waals surface area contributed by atoms with Crippen LogP contribution in [-0.4, -0.2) is 42.4 Å². The molecule has 7 heteroatoms. The van der Waals surface area contributed by atoms with Gasteiger partial charge >= 0.3 is 0 Å². The molecule has 23 heavy (non-hydrogen) atoms. The van der Waals surface area contributed by atoms with Gasteiger partial charge in [0.05, 0.1) is 10.0 Å². The van der Waals surface area contributed by atoms with Gasteiger partial charge in [-0.05, 0) is 50.4 Å². The van der Waals surface area contributed by atoms with E-state index in [9.17, 15) is 9.59 Å². The number of likely N-dealkylation sites (tertiary alicyclic amines) is 1. The van der Waals surface area contributed by atoms with E-state index in [2.05, 4.69) is 5.32 Å². The maximum atomic E-state index is 12.6. The molecule has 1 unspecified atom stereocenters. The molecule has 1 aromatic carbocycles. The summed E-state index contributed by atoms with van der Waals surface area (Å²) < 4.78 is 0. The van der Waals surface area contributed by atoms with Crippen molar-refractivity contribution in [2.45, 2.75) is 31.7 Å². The van der Waals surface area contributed by atoms with E-state index in [0.717, 1.165) is 19.3 Å². The van der Waals surface area contributed by atoms with Gasteiger partial charge in [0, 0.05) is 18.7 Å². The number of nitrogens with zero attached hydrogens (tertiary/aromatic N) is 1. The fourth-order valence-electron chi connectivity index (χ4n) is 2.68. The third kappa shape index (κ3) is 4.59. The number of carbonyl (C=O) groups excluding carboxylic acids is 2. The van der Waals surface area contributed by atoms with Gasteiger partial charge in [0.15, 0.2) is 0 Å². The number of benzene rings is 1. The van der Waals surface area contributed by atoms with Crippen LogP contribution in [0.15, 0.2) is 18.2 Å². The summed E-state index contributed by atoms with van der Waals surface area (Å²) in [5.41, 5.74) is 5.88. The second-order valence-corrected chi connectivity index (χ2v) is 6.39. The van der Waals surface area contributed by atoms with Crippen LogP contribution in [0.25, 0.3) is 0 Å². The van der Waals surface area contributed by atoms with Gasteiger partial charge in [-0.1, -0.05) is 23.2 Å². The summed E-state index contributed by atoms with van der Waals surface area (Å²) in [5.74, 6) is -0.295. The molecule has 0 radical (unpaired) electrons. The summed E-state index contributed by atoms with van der Waals surface area (Å²) in [7, 11) is 0. The molecule has 1 aliphatic heterocycles. The molecule has 0 spiro atoms. The normalized spacial score (nSPS) is 17.3.